The number of nitrogens with zero attached hydrogens (tertiary/aromatic N) is 2. The van der Waals surface area contributed by atoms with Crippen molar-refractivity contribution in [2.24, 2.45) is 0 Å². The highest BCUT2D eigenvalue weighted by molar-refractivity contribution is 7.99. The molecule has 148 valence electrons. The van der Waals surface area contributed by atoms with E-state index in [1.807, 2.05) is 79.7 Å². The molecule has 0 radical (unpaired) electrons. The third-order valence-corrected chi connectivity index (χ3v) is 4.61. The van der Waals surface area contributed by atoms with Gasteiger partial charge in [0.1, 0.15) is 18.1 Å². The van der Waals surface area contributed by atoms with E-state index in [1.165, 1.54) is 11.8 Å². The minimum absolute atomic E-state index is 0. The van der Waals surface area contributed by atoms with E-state index in [1.54, 1.807) is 0 Å². The molecular weight excluding hydrogens is 396 g/mol. The van der Waals surface area contributed by atoms with Gasteiger partial charge in [0.25, 0.3) is 5.22 Å². The molecule has 0 spiro atoms. The molecule has 0 fully saturated rings. The molecule has 5 nitrogen and oxygen atoms in total. The highest BCUT2D eigenvalue weighted by Crippen LogP contribution is 2.35. The van der Waals surface area contributed by atoms with Crippen LogP contribution >= 0.6 is 24.2 Å². The predicted molar refractivity (Wildman–Crippen MR) is 115 cm³/mol. The second-order valence-electron chi connectivity index (χ2n) is 6.20. The summed E-state index contributed by atoms with van der Waals surface area (Å²) in [4.78, 5) is 18.5. The van der Waals surface area contributed by atoms with Crippen LogP contribution in [0.2, 0.25) is 0 Å². The summed E-state index contributed by atoms with van der Waals surface area (Å²) in [6, 6.07) is 19.7. The number of rotatable bonds is 8. The number of benzene rings is 2. The van der Waals surface area contributed by atoms with Crippen LogP contribution in [0.25, 0.3) is 22.6 Å². The summed E-state index contributed by atoms with van der Waals surface area (Å²) in [6.07, 6.45) is 0. The van der Waals surface area contributed by atoms with Crippen LogP contribution < -0.4 is 0 Å². The molecule has 28 heavy (non-hydrogen) atoms. The molecular formula is C21H23ClN2O3S. The number of aromatic nitrogens is 1. The molecule has 0 N–H and O–H groups in total. The molecule has 0 saturated heterocycles. The number of carbonyl (C=O) groups excluding carboxylic acids is 1. The fourth-order valence-electron chi connectivity index (χ4n) is 2.44. The van der Waals surface area contributed by atoms with E-state index in [9.17, 15) is 4.79 Å². The molecule has 0 amide bonds. The number of hydrogen-bond donors (Lipinski definition) is 0. The third kappa shape index (κ3) is 6.12. The van der Waals surface area contributed by atoms with E-state index in [2.05, 4.69) is 4.98 Å². The number of halogens is 1. The van der Waals surface area contributed by atoms with Gasteiger partial charge < -0.3 is 14.1 Å². The summed E-state index contributed by atoms with van der Waals surface area (Å²) >= 11 is 1.25. The lowest BCUT2D eigenvalue weighted by Crippen LogP contribution is -2.20. The highest BCUT2D eigenvalue weighted by Gasteiger charge is 2.18. The SMILES string of the molecule is CN(C)CCOC(=O)CSc1nc(-c2ccccc2)c(-c2ccccc2)o1.Cl. The van der Waals surface area contributed by atoms with E-state index in [0.29, 0.717) is 24.1 Å². The molecule has 2 aromatic carbocycles. The van der Waals surface area contributed by atoms with Gasteiger partial charge in [-0.15, -0.1) is 12.4 Å². The van der Waals surface area contributed by atoms with E-state index < -0.39 is 0 Å². The van der Waals surface area contributed by atoms with E-state index in [4.69, 9.17) is 9.15 Å². The zero-order valence-corrected chi connectivity index (χ0v) is 17.5. The van der Waals surface area contributed by atoms with Crippen molar-refractivity contribution in [1.29, 1.82) is 0 Å². The third-order valence-electron chi connectivity index (χ3n) is 3.81. The van der Waals surface area contributed by atoms with E-state index in [0.717, 1.165) is 16.8 Å². The monoisotopic (exact) mass is 418 g/mol. The Morgan fingerprint density at radius 2 is 1.64 bits per heavy atom. The molecule has 0 aliphatic carbocycles. The van der Waals surface area contributed by atoms with Crippen molar-refractivity contribution in [1.82, 2.24) is 9.88 Å². The Kier molecular flexibility index (Phi) is 8.57. The number of hydrogen-bond acceptors (Lipinski definition) is 6. The van der Waals surface area contributed by atoms with Gasteiger partial charge in [-0.05, 0) is 14.1 Å². The van der Waals surface area contributed by atoms with Crippen molar-refractivity contribution in [3.63, 3.8) is 0 Å². The van der Waals surface area contributed by atoms with Gasteiger partial charge in [-0.2, -0.15) is 0 Å². The fraction of sp³-hybridized carbons (Fsp3) is 0.238. The van der Waals surface area contributed by atoms with Crippen molar-refractivity contribution >= 4 is 30.1 Å². The summed E-state index contributed by atoms with van der Waals surface area (Å²) in [6.45, 7) is 1.08. The van der Waals surface area contributed by atoms with Gasteiger partial charge in [0, 0.05) is 17.7 Å². The molecule has 0 saturated carbocycles. The maximum Gasteiger partial charge on any atom is 0.316 e. The maximum absolute atomic E-state index is 11.9. The summed E-state index contributed by atoms with van der Waals surface area (Å²) < 4.78 is 11.2. The molecule has 0 unspecified atom stereocenters. The number of thioether (sulfide) groups is 1. The van der Waals surface area contributed by atoms with Crippen molar-refractivity contribution in [3.8, 4) is 22.6 Å². The Bertz CT molecular complexity index is 813. The first-order valence-electron chi connectivity index (χ1n) is 8.68. The first-order chi connectivity index (χ1) is 13.1. The van der Waals surface area contributed by atoms with Crippen molar-refractivity contribution in [3.05, 3.63) is 60.7 Å². The molecule has 3 aromatic rings. The predicted octanol–water partition coefficient (Wildman–Crippen LogP) is 4.63. The summed E-state index contributed by atoms with van der Waals surface area (Å²) in [5.74, 6) is 0.587. The Hall–Kier alpha value is -2.28. The minimum atomic E-state index is -0.275. The molecule has 0 aliphatic heterocycles. The molecule has 0 atom stereocenters. The van der Waals surface area contributed by atoms with Crippen LogP contribution in [0.3, 0.4) is 0 Å². The van der Waals surface area contributed by atoms with Crippen LogP contribution in [0.4, 0.5) is 0 Å². The summed E-state index contributed by atoms with van der Waals surface area (Å²) in [5, 5.41) is 0.456. The van der Waals surface area contributed by atoms with Gasteiger partial charge in [-0.1, -0.05) is 72.4 Å². The number of ether oxygens (including phenoxy) is 1. The standard InChI is InChI=1S/C21H22N2O3S.ClH/c1-23(2)13-14-25-18(24)15-27-21-22-19(16-9-5-3-6-10-16)20(26-21)17-11-7-4-8-12-17;/h3-12H,13-15H2,1-2H3;1H. The van der Waals surface area contributed by atoms with Gasteiger partial charge in [-0.3, -0.25) is 4.79 Å². The van der Waals surface area contributed by atoms with Crippen LogP contribution in [-0.2, 0) is 9.53 Å². The zero-order chi connectivity index (χ0) is 19.1. The topological polar surface area (TPSA) is 55.6 Å². The normalized spacial score (nSPS) is 10.5. The van der Waals surface area contributed by atoms with E-state index in [-0.39, 0.29) is 24.1 Å². The lowest BCUT2D eigenvalue weighted by Gasteiger charge is -2.09. The number of esters is 1. The van der Waals surface area contributed by atoms with Gasteiger partial charge in [0.05, 0.1) is 0 Å². The van der Waals surface area contributed by atoms with Gasteiger partial charge in [0.2, 0.25) is 0 Å². The first-order valence-corrected chi connectivity index (χ1v) is 9.67. The highest BCUT2D eigenvalue weighted by atomic mass is 35.5. The van der Waals surface area contributed by atoms with E-state index >= 15 is 0 Å². The molecule has 1 aromatic heterocycles. The summed E-state index contributed by atoms with van der Waals surface area (Å²) in [7, 11) is 3.87. The largest absolute Gasteiger partial charge is 0.464 e. The van der Waals surface area contributed by atoms with Crippen molar-refractivity contribution in [2.75, 3.05) is 33.0 Å². The molecule has 7 heteroatoms. The minimum Gasteiger partial charge on any atom is -0.464 e. The molecule has 0 bridgehead atoms. The van der Waals surface area contributed by atoms with Gasteiger partial charge in [-0.25, -0.2) is 4.98 Å². The lowest BCUT2D eigenvalue weighted by atomic mass is 10.1. The zero-order valence-electron chi connectivity index (χ0n) is 15.8. The average molecular weight is 419 g/mol. The van der Waals surface area contributed by atoms with Crippen LogP contribution in [0.5, 0.6) is 0 Å². The van der Waals surface area contributed by atoms with Crippen LogP contribution in [-0.4, -0.2) is 48.9 Å². The first kappa shape index (κ1) is 22.0. The Morgan fingerprint density at radius 3 is 2.25 bits per heavy atom. The summed E-state index contributed by atoms with van der Waals surface area (Å²) in [5.41, 5.74) is 2.69. The lowest BCUT2D eigenvalue weighted by molar-refractivity contribution is -0.140. The number of oxazole rings is 1. The molecule has 3 rings (SSSR count). The maximum atomic E-state index is 11.9. The van der Waals surface area contributed by atoms with Crippen LogP contribution in [0, 0.1) is 0 Å². The molecule has 1 heterocycles. The van der Waals surface area contributed by atoms with Crippen LogP contribution in [0.1, 0.15) is 0 Å². The van der Waals surface area contributed by atoms with Gasteiger partial charge in [0.15, 0.2) is 5.76 Å². The van der Waals surface area contributed by atoms with Crippen LogP contribution in [0.15, 0.2) is 70.3 Å². The molecule has 0 aliphatic rings. The Balaban J connectivity index is 0.00000280. The number of likely N-dealkylation sites (N-methyl/N-ethyl adjacent to an activating group) is 1. The fourth-order valence-corrected chi connectivity index (χ4v) is 3.07. The van der Waals surface area contributed by atoms with Gasteiger partial charge >= 0.3 is 5.97 Å². The quantitative estimate of drug-likeness (QED) is 0.392. The second-order valence-corrected chi connectivity index (χ2v) is 7.13. The number of carbonyl (C=O) groups is 1. The van der Waals surface area contributed by atoms with Crippen molar-refractivity contribution < 1.29 is 13.9 Å². The van der Waals surface area contributed by atoms with Crippen molar-refractivity contribution in [2.45, 2.75) is 5.22 Å². The Labute approximate surface area is 175 Å². The smallest absolute Gasteiger partial charge is 0.316 e. The Morgan fingerprint density at radius 1 is 1.04 bits per heavy atom. The second kappa shape index (κ2) is 10.9. The average Bonchev–Trinajstić information content (AvgIpc) is 3.12.